The van der Waals surface area contributed by atoms with Crippen LogP contribution in [0.1, 0.15) is 25.1 Å². The van der Waals surface area contributed by atoms with Crippen molar-refractivity contribution in [3.05, 3.63) is 35.7 Å². The van der Waals surface area contributed by atoms with E-state index in [1.807, 2.05) is 18.2 Å². The summed E-state index contributed by atoms with van der Waals surface area (Å²) < 4.78 is 12.3. The van der Waals surface area contributed by atoms with E-state index in [2.05, 4.69) is 10.3 Å². The Bertz CT molecular complexity index is 601. The first-order chi connectivity index (χ1) is 9.02. The molecule has 0 saturated carbocycles. The Morgan fingerprint density at radius 3 is 2.84 bits per heavy atom. The highest BCUT2D eigenvalue weighted by Crippen LogP contribution is 2.32. The highest BCUT2D eigenvalue weighted by atomic mass is 16.7. The average molecular weight is 261 g/mol. The molecule has 1 aliphatic heterocycles. The number of benzene rings is 1. The van der Waals surface area contributed by atoms with Crippen molar-refractivity contribution in [2.45, 2.75) is 26.0 Å². The summed E-state index contributed by atoms with van der Waals surface area (Å²) in [6.45, 7) is 4.20. The van der Waals surface area contributed by atoms with Gasteiger partial charge in [0.1, 0.15) is 11.3 Å². The van der Waals surface area contributed by atoms with E-state index in [1.165, 1.54) is 0 Å². The van der Waals surface area contributed by atoms with Gasteiger partial charge in [-0.15, -0.1) is 5.10 Å². The van der Waals surface area contributed by atoms with Gasteiger partial charge in [-0.3, -0.25) is 0 Å². The molecule has 2 aromatic rings. The summed E-state index contributed by atoms with van der Waals surface area (Å²) in [4.78, 5) is 0. The van der Waals surface area contributed by atoms with E-state index in [0.29, 0.717) is 12.2 Å². The third-order valence-corrected chi connectivity index (χ3v) is 2.95. The Kier molecular flexibility index (Phi) is 2.67. The SMILES string of the molecule is CC(C)(O)c1cn(Cc2ccc3c(c2)OCO3)nn1. The molecule has 0 fully saturated rings. The molecule has 0 amide bonds. The van der Waals surface area contributed by atoms with Crippen molar-refractivity contribution in [3.8, 4) is 11.5 Å². The van der Waals surface area contributed by atoms with Crippen LogP contribution >= 0.6 is 0 Å². The molecule has 6 heteroatoms. The highest BCUT2D eigenvalue weighted by Gasteiger charge is 2.20. The molecule has 0 bridgehead atoms. The molecule has 0 saturated heterocycles. The number of ether oxygens (including phenoxy) is 2. The molecule has 0 unspecified atom stereocenters. The number of hydrogen-bond donors (Lipinski definition) is 1. The van der Waals surface area contributed by atoms with Crippen LogP contribution in [0, 0.1) is 0 Å². The number of fused-ring (bicyclic) bond motifs is 1. The van der Waals surface area contributed by atoms with Crippen molar-refractivity contribution in [1.82, 2.24) is 15.0 Å². The lowest BCUT2D eigenvalue weighted by molar-refractivity contribution is 0.0737. The third-order valence-electron chi connectivity index (χ3n) is 2.95. The molecular formula is C13H15N3O3. The van der Waals surface area contributed by atoms with Gasteiger partial charge in [0.05, 0.1) is 12.7 Å². The average Bonchev–Trinajstić information content (AvgIpc) is 2.95. The van der Waals surface area contributed by atoms with Crippen LogP contribution < -0.4 is 9.47 Å². The Morgan fingerprint density at radius 1 is 1.32 bits per heavy atom. The normalized spacial score (nSPS) is 13.8. The second-order valence-corrected chi connectivity index (χ2v) is 5.05. The summed E-state index contributed by atoms with van der Waals surface area (Å²) >= 11 is 0. The number of aromatic nitrogens is 3. The van der Waals surface area contributed by atoms with Crippen molar-refractivity contribution >= 4 is 0 Å². The highest BCUT2D eigenvalue weighted by molar-refractivity contribution is 5.44. The maximum Gasteiger partial charge on any atom is 0.231 e. The van der Waals surface area contributed by atoms with Gasteiger partial charge in [0, 0.05) is 0 Å². The summed E-state index contributed by atoms with van der Waals surface area (Å²) in [5.41, 5.74) is 0.609. The molecule has 100 valence electrons. The Morgan fingerprint density at radius 2 is 2.11 bits per heavy atom. The summed E-state index contributed by atoms with van der Waals surface area (Å²) in [5, 5.41) is 17.8. The topological polar surface area (TPSA) is 69.4 Å². The minimum Gasteiger partial charge on any atom is -0.454 e. The molecule has 6 nitrogen and oxygen atoms in total. The summed E-state index contributed by atoms with van der Waals surface area (Å²) in [6.07, 6.45) is 1.74. The number of nitrogens with zero attached hydrogens (tertiary/aromatic N) is 3. The molecule has 1 aliphatic rings. The molecule has 0 aliphatic carbocycles. The fraction of sp³-hybridized carbons (Fsp3) is 0.385. The van der Waals surface area contributed by atoms with Crippen LogP contribution in [-0.2, 0) is 12.1 Å². The lowest BCUT2D eigenvalue weighted by atomic mass is 10.1. The molecule has 3 rings (SSSR count). The van der Waals surface area contributed by atoms with E-state index in [-0.39, 0.29) is 6.79 Å². The molecule has 2 heterocycles. The zero-order valence-corrected chi connectivity index (χ0v) is 10.8. The summed E-state index contributed by atoms with van der Waals surface area (Å²) in [6, 6.07) is 5.76. The van der Waals surface area contributed by atoms with Gasteiger partial charge in [0.15, 0.2) is 11.5 Å². The van der Waals surface area contributed by atoms with Gasteiger partial charge in [0.25, 0.3) is 0 Å². The Labute approximate surface area is 110 Å². The number of rotatable bonds is 3. The lowest BCUT2D eigenvalue weighted by Gasteiger charge is -2.11. The zero-order chi connectivity index (χ0) is 13.5. The first kappa shape index (κ1) is 12.0. The van der Waals surface area contributed by atoms with Crippen molar-refractivity contribution in [2.75, 3.05) is 6.79 Å². The molecule has 0 spiro atoms. The summed E-state index contributed by atoms with van der Waals surface area (Å²) in [7, 11) is 0. The zero-order valence-electron chi connectivity index (χ0n) is 10.8. The van der Waals surface area contributed by atoms with Gasteiger partial charge in [-0.2, -0.15) is 0 Å². The maximum atomic E-state index is 9.84. The standard InChI is InChI=1S/C13H15N3O3/c1-13(2,17)12-7-16(15-14-12)6-9-3-4-10-11(5-9)19-8-18-10/h3-5,7,17H,6,8H2,1-2H3. The lowest BCUT2D eigenvalue weighted by Crippen LogP contribution is -2.15. The van der Waals surface area contributed by atoms with Crippen molar-refractivity contribution < 1.29 is 14.6 Å². The molecule has 1 N–H and O–H groups in total. The molecule has 1 aromatic carbocycles. The van der Waals surface area contributed by atoms with E-state index in [9.17, 15) is 5.11 Å². The van der Waals surface area contributed by atoms with Gasteiger partial charge in [0.2, 0.25) is 6.79 Å². The first-order valence-corrected chi connectivity index (χ1v) is 6.04. The van der Waals surface area contributed by atoms with Crippen LogP contribution in [0.4, 0.5) is 0 Å². The smallest absolute Gasteiger partial charge is 0.231 e. The van der Waals surface area contributed by atoms with Crippen molar-refractivity contribution in [2.24, 2.45) is 0 Å². The van der Waals surface area contributed by atoms with Gasteiger partial charge in [-0.1, -0.05) is 11.3 Å². The van der Waals surface area contributed by atoms with E-state index in [4.69, 9.17) is 9.47 Å². The van der Waals surface area contributed by atoms with Crippen LogP contribution in [0.15, 0.2) is 24.4 Å². The van der Waals surface area contributed by atoms with Gasteiger partial charge >= 0.3 is 0 Å². The minimum atomic E-state index is -0.979. The monoisotopic (exact) mass is 261 g/mol. The predicted octanol–water partition coefficient (Wildman–Crippen LogP) is 1.28. The Balaban J connectivity index is 1.80. The second kappa shape index (κ2) is 4.24. The van der Waals surface area contributed by atoms with Gasteiger partial charge in [-0.25, -0.2) is 4.68 Å². The van der Waals surface area contributed by atoms with E-state index in [1.54, 1.807) is 24.7 Å². The van der Waals surface area contributed by atoms with E-state index in [0.717, 1.165) is 17.1 Å². The van der Waals surface area contributed by atoms with Crippen molar-refractivity contribution in [3.63, 3.8) is 0 Å². The predicted molar refractivity (Wildman–Crippen MR) is 66.9 cm³/mol. The first-order valence-electron chi connectivity index (χ1n) is 6.04. The molecular weight excluding hydrogens is 246 g/mol. The molecule has 19 heavy (non-hydrogen) atoms. The molecule has 1 aromatic heterocycles. The van der Waals surface area contributed by atoms with Crippen LogP contribution in [0.25, 0.3) is 0 Å². The fourth-order valence-electron chi connectivity index (χ4n) is 1.88. The van der Waals surface area contributed by atoms with Gasteiger partial charge < -0.3 is 14.6 Å². The quantitative estimate of drug-likeness (QED) is 0.901. The van der Waals surface area contributed by atoms with E-state index < -0.39 is 5.60 Å². The Hall–Kier alpha value is -2.08. The van der Waals surface area contributed by atoms with Gasteiger partial charge in [-0.05, 0) is 31.5 Å². The minimum absolute atomic E-state index is 0.269. The molecule has 0 radical (unpaired) electrons. The number of aliphatic hydroxyl groups is 1. The van der Waals surface area contributed by atoms with E-state index >= 15 is 0 Å². The second-order valence-electron chi connectivity index (χ2n) is 5.05. The molecule has 0 atom stereocenters. The van der Waals surface area contributed by atoms with Crippen LogP contribution in [0.3, 0.4) is 0 Å². The third kappa shape index (κ3) is 2.39. The van der Waals surface area contributed by atoms with Crippen LogP contribution in [0.2, 0.25) is 0 Å². The van der Waals surface area contributed by atoms with Crippen LogP contribution in [-0.4, -0.2) is 26.9 Å². The fourth-order valence-corrected chi connectivity index (χ4v) is 1.88. The number of hydrogen-bond acceptors (Lipinski definition) is 5. The van der Waals surface area contributed by atoms with Crippen LogP contribution in [0.5, 0.6) is 11.5 Å². The largest absolute Gasteiger partial charge is 0.454 e. The summed E-state index contributed by atoms with van der Waals surface area (Å²) in [5.74, 6) is 1.51. The van der Waals surface area contributed by atoms with Crippen molar-refractivity contribution in [1.29, 1.82) is 0 Å². The maximum absolute atomic E-state index is 9.84.